The Kier molecular flexibility index (Phi) is 9.61. The van der Waals surface area contributed by atoms with Crippen molar-refractivity contribution in [3.05, 3.63) is 95.6 Å². The van der Waals surface area contributed by atoms with Gasteiger partial charge < -0.3 is 15.4 Å². The second-order valence-electron chi connectivity index (χ2n) is 7.64. The van der Waals surface area contributed by atoms with Crippen molar-refractivity contribution in [2.75, 3.05) is 18.5 Å². The molecule has 0 spiro atoms. The number of benzene rings is 3. The molecule has 3 aromatic rings. The Hall–Kier alpha value is -3.71. The van der Waals surface area contributed by atoms with Gasteiger partial charge in [0, 0.05) is 6.54 Å². The Balaban J connectivity index is 1.59. The number of para-hydroxylation sites is 2. The summed E-state index contributed by atoms with van der Waals surface area (Å²) in [6, 6.07) is 24.0. The average Bonchev–Trinajstić information content (AvgIpc) is 2.85. The number of hydrogen-bond acceptors (Lipinski definition) is 4. The number of amides is 2. The minimum atomic E-state index is -0.380. The highest BCUT2D eigenvalue weighted by molar-refractivity contribution is 7.80. The fraction of sp³-hybridized carbons (Fsp3) is 0.222. The van der Waals surface area contributed by atoms with E-state index in [0.717, 1.165) is 24.8 Å². The van der Waals surface area contributed by atoms with Crippen molar-refractivity contribution in [1.29, 1.82) is 0 Å². The van der Waals surface area contributed by atoms with Crippen LogP contribution in [0.3, 0.4) is 0 Å². The number of unbranched alkanes of at least 4 members (excludes halogenated alkanes) is 1. The molecule has 0 atom stereocenters. The van der Waals surface area contributed by atoms with Gasteiger partial charge in [-0.3, -0.25) is 14.9 Å². The van der Waals surface area contributed by atoms with Crippen LogP contribution in [-0.4, -0.2) is 30.1 Å². The molecule has 0 aliphatic heterocycles. The van der Waals surface area contributed by atoms with Crippen molar-refractivity contribution in [2.45, 2.75) is 26.2 Å². The van der Waals surface area contributed by atoms with Gasteiger partial charge in [0.25, 0.3) is 11.8 Å². The number of rotatable bonds is 10. The first-order valence-electron chi connectivity index (χ1n) is 11.3. The lowest BCUT2D eigenvalue weighted by Crippen LogP contribution is -2.35. The summed E-state index contributed by atoms with van der Waals surface area (Å²) in [5.74, 6) is -0.0911. The minimum absolute atomic E-state index is 0.0953. The molecule has 3 rings (SSSR count). The second-order valence-corrected chi connectivity index (χ2v) is 8.05. The number of thiocarbonyl (C=S) groups is 1. The van der Waals surface area contributed by atoms with E-state index in [0.29, 0.717) is 35.7 Å². The fourth-order valence-electron chi connectivity index (χ4n) is 3.28. The molecule has 0 aliphatic carbocycles. The molecular formula is C27H29N3O3S. The fourth-order valence-corrected chi connectivity index (χ4v) is 3.48. The van der Waals surface area contributed by atoms with Crippen LogP contribution in [0.15, 0.2) is 78.9 Å². The average molecular weight is 476 g/mol. The van der Waals surface area contributed by atoms with Crippen molar-refractivity contribution < 1.29 is 14.3 Å². The summed E-state index contributed by atoms with van der Waals surface area (Å²) in [5.41, 5.74) is 2.50. The molecule has 0 aliphatic rings. The highest BCUT2D eigenvalue weighted by Crippen LogP contribution is 2.19. The van der Waals surface area contributed by atoms with E-state index in [1.54, 1.807) is 42.5 Å². The van der Waals surface area contributed by atoms with Crippen molar-refractivity contribution in [3.63, 3.8) is 0 Å². The zero-order chi connectivity index (χ0) is 24.2. The highest BCUT2D eigenvalue weighted by Gasteiger charge is 2.16. The van der Waals surface area contributed by atoms with Gasteiger partial charge in [0.2, 0.25) is 0 Å². The van der Waals surface area contributed by atoms with Gasteiger partial charge in [0.05, 0.1) is 23.4 Å². The smallest absolute Gasteiger partial charge is 0.261 e. The minimum Gasteiger partial charge on any atom is -0.493 e. The number of ether oxygens (including phenoxy) is 1. The quantitative estimate of drug-likeness (QED) is 0.285. The summed E-state index contributed by atoms with van der Waals surface area (Å²) < 4.78 is 5.74. The summed E-state index contributed by atoms with van der Waals surface area (Å²) in [7, 11) is 0. The van der Waals surface area contributed by atoms with E-state index in [1.807, 2.05) is 36.4 Å². The molecule has 2 amide bonds. The largest absolute Gasteiger partial charge is 0.493 e. The van der Waals surface area contributed by atoms with Gasteiger partial charge in [-0.1, -0.05) is 67.9 Å². The van der Waals surface area contributed by atoms with Gasteiger partial charge in [-0.25, -0.2) is 0 Å². The number of anilines is 1. The lowest BCUT2D eigenvalue weighted by molar-refractivity contribution is 0.0952. The van der Waals surface area contributed by atoms with E-state index in [4.69, 9.17) is 17.0 Å². The molecule has 0 saturated heterocycles. The van der Waals surface area contributed by atoms with Crippen LogP contribution in [0.2, 0.25) is 0 Å². The van der Waals surface area contributed by atoms with Gasteiger partial charge in [-0.15, -0.1) is 0 Å². The molecule has 0 heterocycles. The van der Waals surface area contributed by atoms with Crippen molar-refractivity contribution in [3.8, 4) is 5.75 Å². The van der Waals surface area contributed by atoms with Crippen LogP contribution in [0, 0.1) is 0 Å². The molecule has 0 radical (unpaired) electrons. The van der Waals surface area contributed by atoms with Gasteiger partial charge >= 0.3 is 0 Å². The Labute approximate surface area is 205 Å². The van der Waals surface area contributed by atoms with Crippen molar-refractivity contribution in [1.82, 2.24) is 10.6 Å². The maximum Gasteiger partial charge on any atom is 0.261 e. The van der Waals surface area contributed by atoms with E-state index in [-0.39, 0.29) is 16.9 Å². The highest BCUT2D eigenvalue weighted by atomic mass is 32.1. The first-order valence-corrected chi connectivity index (χ1v) is 11.7. The predicted molar refractivity (Wildman–Crippen MR) is 139 cm³/mol. The SMILES string of the molecule is CCCCOc1ccccc1C(=O)NC(=S)Nc1ccccc1C(=O)NCCc1ccccc1. The first-order chi connectivity index (χ1) is 16.6. The predicted octanol–water partition coefficient (Wildman–Crippen LogP) is 4.96. The molecule has 0 fully saturated rings. The lowest BCUT2D eigenvalue weighted by Gasteiger charge is -2.15. The van der Waals surface area contributed by atoms with E-state index in [1.165, 1.54) is 0 Å². The molecular weight excluding hydrogens is 446 g/mol. The van der Waals surface area contributed by atoms with Crippen LogP contribution >= 0.6 is 12.2 Å². The Morgan fingerprint density at radius 2 is 1.53 bits per heavy atom. The zero-order valence-electron chi connectivity index (χ0n) is 19.2. The number of carbonyl (C=O) groups is 2. The maximum atomic E-state index is 12.8. The first kappa shape index (κ1) is 24.9. The topological polar surface area (TPSA) is 79.5 Å². The third-order valence-electron chi connectivity index (χ3n) is 5.08. The van der Waals surface area contributed by atoms with Crippen LogP contribution in [0.25, 0.3) is 0 Å². The van der Waals surface area contributed by atoms with Gasteiger partial charge in [-0.05, 0) is 54.9 Å². The molecule has 6 nitrogen and oxygen atoms in total. The van der Waals surface area contributed by atoms with E-state index >= 15 is 0 Å². The molecule has 0 saturated carbocycles. The second kappa shape index (κ2) is 13.1. The summed E-state index contributed by atoms with van der Waals surface area (Å²) in [4.78, 5) is 25.5. The summed E-state index contributed by atoms with van der Waals surface area (Å²) in [6.07, 6.45) is 2.64. The Morgan fingerprint density at radius 1 is 0.853 bits per heavy atom. The van der Waals surface area contributed by atoms with E-state index < -0.39 is 0 Å². The van der Waals surface area contributed by atoms with Crippen molar-refractivity contribution in [2.24, 2.45) is 0 Å². The van der Waals surface area contributed by atoms with Gasteiger partial charge in [-0.2, -0.15) is 0 Å². The van der Waals surface area contributed by atoms with Crippen LogP contribution in [0.4, 0.5) is 5.69 Å². The standard InChI is InChI=1S/C27H29N3O3S/c1-2-3-19-33-24-16-10-8-14-22(24)26(32)30-27(34)29-23-15-9-7-13-21(23)25(31)28-18-17-20-11-5-4-6-12-20/h4-16H,2-3,17-19H2,1H3,(H,28,31)(H2,29,30,32,34). The third kappa shape index (κ3) is 7.42. The molecule has 34 heavy (non-hydrogen) atoms. The third-order valence-corrected chi connectivity index (χ3v) is 5.28. The maximum absolute atomic E-state index is 12.8. The molecule has 7 heteroatoms. The van der Waals surface area contributed by atoms with Crippen LogP contribution in [0.5, 0.6) is 5.75 Å². The normalized spacial score (nSPS) is 10.3. The Bertz CT molecular complexity index is 1120. The number of hydrogen-bond donors (Lipinski definition) is 3. The molecule has 0 aromatic heterocycles. The summed E-state index contributed by atoms with van der Waals surface area (Å²) in [5, 5.41) is 8.67. The summed E-state index contributed by atoms with van der Waals surface area (Å²) >= 11 is 5.34. The molecule has 0 bridgehead atoms. The molecule has 3 aromatic carbocycles. The van der Waals surface area contributed by atoms with E-state index in [9.17, 15) is 9.59 Å². The molecule has 176 valence electrons. The Morgan fingerprint density at radius 3 is 2.29 bits per heavy atom. The van der Waals surface area contributed by atoms with Gasteiger partial charge in [0.1, 0.15) is 5.75 Å². The molecule has 3 N–H and O–H groups in total. The molecule has 0 unspecified atom stereocenters. The van der Waals surface area contributed by atoms with Crippen LogP contribution in [-0.2, 0) is 6.42 Å². The van der Waals surface area contributed by atoms with E-state index in [2.05, 4.69) is 22.9 Å². The van der Waals surface area contributed by atoms with Crippen LogP contribution in [0.1, 0.15) is 46.0 Å². The van der Waals surface area contributed by atoms with Gasteiger partial charge in [0.15, 0.2) is 5.11 Å². The van der Waals surface area contributed by atoms with Crippen molar-refractivity contribution >= 4 is 34.8 Å². The monoisotopic (exact) mass is 475 g/mol. The summed E-state index contributed by atoms with van der Waals surface area (Å²) in [6.45, 7) is 3.12. The number of carbonyl (C=O) groups excluding carboxylic acids is 2. The zero-order valence-corrected chi connectivity index (χ0v) is 20.0. The lowest BCUT2D eigenvalue weighted by atomic mass is 10.1. The number of nitrogens with one attached hydrogen (secondary N) is 3. The van der Waals surface area contributed by atoms with Crippen LogP contribution < -0.4 is 20.7 Å².